The third kappa shape index (κ3) is 3.57. The summed E-state index contributed by atoms with van der Waals surface area (Å²) < 4.78 is 4.99. The fourth-order valence-corrected chi connectivity index (χ4v) is 3.48. The third-order valence-corrected chi connectivity index (χ3v) is 4.83. The standard InChI is InChI=1S/C19H15N3O3S/c23-17(20-13-6-8-15-16(10-13)25-19(24)22-15)9-7-14-11-26-18(21-14)12-4-2-1-3-5-12/h1-6,8,10-11H,7,9H2,(H,20,23)(H,22,24). The molecule has 6 nitrogen and oxygen atoms in total. The van der Waals surface area contributed by atoms with Crippen molar-refractivity contribution >= 4 is 34.0 Å². The normalized spacial score (nSPS) is 10.9. The lowest BCUT2D eigenvalue weighted by molar-refractivity contribution is -0.116. The van der Waals surface area contributed by atoms with Gasteiger partial charge in [-0.05, 0) is 18.6 Å². The predicted molar refractivity (Wildman–Crippen MR) is 101 cm³/mol. The van der Waals surface area contributed by atoms with Gasteiger partial charge in [-0.25, -0.2) is 9.78 Å². The maximum Gasteiger partial charge on any atom is 0.417 e. The number of aromatic nitrogens is 2. The van der Waals surface area contributed by atoms with Crippen molar-refractivity contribution in [1.29, 1.82) is 0 Å². The number of carbonyl (C=O) groups excluding carboxylic acids is 1. The highest BCUT2D eigenvalue weighted by Gasteiger charge is 2.09. The van der Waals surface area contributed by atoms with Crippen molar-refractivity contribution in [2.75, 3.05) is 5.32 Å². The molecule has 0 fully saturated rings. The Morgan fingerprint density at radius 3 is 2.88 bits per heavy atom. The van der Waals surface area contributed by atoms with Gasteiger partial charge in [-0.2, -0.15) is 0 Å². The Kier molecular flexibility index (Phi) is 4.37. The largest absolute Gasteiger partial charge is 0.417 e. The molecule has 2 aromatic carbocycles. The summed E-state index contributed by atoms with van der Waals surface area (Å²) in [6.45, 7) is 0. The maximum atomic E-state index is 12.2. The number of carbonyl (C=O) groups is 1. The summed E-state index contributed by atoms with van der Waals surface area (Å²) in [4.78, 5) is 30.5. The Balaban J connectivity index is 1.37. The van der Waals surface area contributed by atoms with E-state index in [4.69, 9.17) is 4.42 Å². The van der Waals surface area contributed by atoms with Crippen LogP contribution < -0.4 is 11.1 Å². The van der Waals surface area contributed by atoms with E-state index >= 15 is 0 Å². The number of nitrogens with zero attached hydrogens (tertiary/aromatic N) is 1. The second-order valence-corrected chi connectivity index (χ2v) is 6.64. The van der Waals surface area contributed by atoms with Crippen LogP contribution in [0.2, 0.25) is 0 Å². The summed E-state index contributed by atoms with van der Waals surface area (Å²) in [7, 11) is 0. The lowest BCUT2D eigenvalue weighted by atomic mass is 10.2. The quantitative estimate of drug-likeness (QED) is 0.563. The lowest BCUT2D eigenvalue weighted by Gasteiger charge is -2.04. The molecule has 0 radical (unpaired) electrons. The number of fused-ring (bicyclic) bond motifs is 1. The number of hydrogen-bond donors (Lipinski definition) is 2. The number of benzene rings is 2. The van der Waals surface area contributed by atoms with Crippen LogP contribution in [-0.2, 0) is 11.2 Å². The van der Waals surface area contributed by atoms with Gasteiger partial charge in [0.05, 0.1) is 11.2 Å². The van der Waals surface area contributed by atoms with Gasteiger partial charge in [0.25, 0.3) is 0 Å². The molecule has 7 heteroatoms. The molecule has 0 unspecified atom stereocenters. The van der Waals surface area contributed by atoms with Gasteiger partial charge in [0.1, 0.15) is 5.01 Å². The minimum Gasteiger partial charge on any atom is -0.408 e. The first kappa shape index (κ1) is 16.3. The number of thiazole rings is 1. The zero-order valence-electron chi connectivity index (χ0n) is 13.7. The van der Waals surface area contributed by atoms with Crippen molar-refractivity contribution in [1.82, 2.24) is 9.97 Å². The molecule has 0 saturated heterocycles. The average molecular weight is 365 g/mol. The molecule has 1 amide bonds. The molecule has 4 aromatic rings. The maximum absolute atomic E-state index is 12.2. The number of oxazole rings is 1. The van der Waals surface area contributed by atoms with Crippen LogP contribution in [0, 0.1) is 0 Å². The third-order valence-electron chi connectivity index (χ3n) is 3.89. The molecule has 2 N–H and O–H groups in total. The van der Waals surface area contributed by atoms with Gasteiger partial charge in [0.2, 0.25) is 5.91 Å². The van der Waals surface area contributed by atoms with Gasteiger partial charge in [0, 0.05) is 29.1 Å². The van der Waals surface area contributed by atoms with Crippen LogP contribution in [0.1, 0.15) is 12.1 Å². The van der Waals surface area contributed by atoms with Gasteiger partial charge >= 0.3 is 5.76 Å². The van der Waals surface area contributed by atoms with E-state index in [0.717, 1.165) is 16.3 Å². The molecule has 26 heavy (non-hydrogen) atoms. The fourth-order valence-electron chi connectivity index (χ4n) is 2.62. The zero-order valence-corrected chi connectivity index (χ0v) is 14.5. The second kappa shape index (κ2) is 6.97. The number of aryl methyl sites for hydroxylation is 1. The highest BCUT2D eigenvalue weighted by Crippen LogP contribution is 2.24. The first-order valence-electron chi connectivity index (χ1n) is 8.10. The minimum absolute atomic E-state index is 0.114. The van der Waals surface area contributed by atoms with Crippen LogP contribution in [-0.4, -0.2) is 15.9 Å². The number of nitrogens with one attached hydrogen (secondary N) is 2. The predicted octanol–water partition coefficient (Wildman–Crippen LogP) is 3.82. The number of H-pyrrole nitrogens is 1. The van der Waals surface area contributed by atoms with E-state index in [1.807, 2.05) is 35.7 Å². The number of hydrogen-bond acceptors (Lipinski definition) is 5. The minimum atomic E-state index is -0.513. The van der Waals surface area contributed by atoms with E-state index in [1.54, 1.807) is 29.5 Å². The summed E-state index contributed by atoms with van der Waals surface area (Å²) in [6.07, 6.45) is 0.893. The van der Waals surface area contributed by atoms with Gasteiger partial charge < -0.3 is 9.73 Å². The zero-order chi connectivity index (χ0) is 17.9. The molecule has 0 bridgehead atoms. The molecular weight excluding hydrogens is 350 g/mol. The molecule has 0 saturated carbocycles. The van der Waals surface area contributed by atoms with Crippen LogP contribution in [0.15, 0.2) is 63.1 Å². The van der Waals surface area contributed by atoms with Crippen molar-refractivity contribution in [3.05, 3.63) is 70.2 Å². The van der Waals surface area contributed by atoms with Gasteiger partial charge in [-0.3, -0.25) is 9.78 Å². The van der Waals surface area contributed by atoms with Gasteiger partial charge in [0.15, 0.2) is 5.58 Å². The Morgan fingerprint density at radius 2 is 2.04 bits per heavy atom. The SMILES string of the molecule is O=C(CCc1csc(-c2ccccc2)n1)Nc1ccc2[nH]c(=O)oc2c1. The van der Waals surface area contributed by atoms with Crippen LogP contribution in [0.4, 0.5) is 5.69 Å². The summed E-state index contributed by atoms with van der Waals surface area (Å²) in [5.74, 6) is -0.627. The van der Waals surface area contributed by atoms with Crippen molar-refractivity contribution in [2.24, 2.45) is 0 Å². The summed E-state index contributed by atoms with van der Waals surface area (Å²) in [5, 5.41) is 5.75. The van der Waals surface area contributed by atoms with E-state index < -0.39 is 5.76 Å². The van der Waals surface area contributed by atoms with E-state index in [0.29, 0.717) is 29.6 Å². The van der Waals surface area contributed by atoms with E-state index in [9.17, 15) is 9.59 Å². The Bertz CT molecular complexity index is 1110. The Hall–Kier alpha value is -3.19. The molecular formula is C19H15N3O3S. The van der Waals surface area contributed by atoms with E-state index in [1.165, 1.54) is 0 Å². The second-order valence-electron chi connectivity index (χ2n) is 5.78. The van der Waals surface area contributed by atoms with Crippen LogP contribution >= 0.6 is 11.3 Å². The summed E-state index contributed by atoms with van der Waals surface area (Å²) >= 11 is 1.57. The van der Waals surface area contributed by atoms with E-state index in [2.05, 4.69) is 15.3 Å². The van der Waals surface area contributed by atoms with Crippen LogP contribution in [0.25, 0.3) is 21.7 Å². The lowest BCUT2D eigenvalue weighted by Crippen LogP contribution is -2.12. The molecule has 0 spiro atoms. The van der Waals surface area contributed by atoms with Crippen molar-refractivity contribution in [2.45, 2.75) is 12.8 Å². The average Bonchev–Trinajstić information content (AvgIpc) is 3.26. The van der Waals surface area contributed by atoms with Gasteiger partial charge in [-0.1, -0.05) is 30.3 Å². The first-order valence-corrected chi connectivity index (χ1v) is 8.98. The summed E-state index contributed by atoms with van der Waals surface area (Å²) in [6, 6.07) is 15.0. The van der Waals surface area contributed by atoms with Crippen molar-refractivity contribution in [3.8, 4) is 10.6 Å². The molecule has 0 aliphatic carbocycles. The highest BCUT2D eigenvalue weighted by molar-refractivity contribution is 7.13. The van der Waals surface area contributed by atoms with Crippen LogP contribution in [0.3, 0.4) is 0 Å². The molecule has 0 atom stereocenters. The Labute approximate surface area is 152 Å². The van der Waals surface area contributed by atoms with Crippen molar-refractivity contribution in [3.63, 3.8) is 0 Å². The van der Waals surface area contributed by atoms with Gasteiger partial charge in [-0.15, -0.1) is 11.3 Å². The molecule has 2 heterocycles. The number of amides is 1. The number of rotatable bonds is 5. The first-order chi connectivity index (χ1) is 12.7. The smallest absolute Gasteiger partial charge is 0.408 e. The topological polar surface area (TPSA) is 88.0 Å². The highest BCUT2D eigenvalue weighted by atomic mass is 32.1. The monoisotopic (exact) mass is 365 g/mol. The van der Waals surface area contributed by atoms with Crippen LogP contribution in [0.5, 0.6) is 0 Å². The molecule has 2 aromatic heterocycles. The van der Waals surface area contributed by atoms with Crippen molar-refractivity contribution < 1.29 is 9.21 Å². The number of anilines is 1. The Morgan fingerprint density at radius 1 is 1.19 bits per heavy atom. The summed E-state index contributed by atoms with van der Waals surface area (Å²) in [5.41, 5.74) is 3.59. The fraction of sp³-hybridized carbons (Fsp3) is 0.105. The molecule has 4 rings (SSSR count). The number of aromatic amines is 1. The van der Waals surface area contributed by atoms with E-state index in [-0.39, 0.29) is 5.91 Å². The molecule has 0 aliphatic rings. The molecule has 130 valence electrons. The molecule has 0 aliphatic heterocycles.